The molecule has 1 aliphatic rings. The van der Waals surface area contributed by atoms with Crippen LogP contribution in [0.15, 0.2) is 30.3 Å². The van der Waals surface area contributed by atoms with Crippen LogP contribution in [0, 0.1) is 0 Å². The summed E-state index contributed by atoms with van der Waals surface area (Å²) in [5, 5.41) is 9.12. The van der Waals surface area contributed by atoms with Gasteiger partial charge < -0.3 is 14.9 Å². The smallest absolute Gasteiger partial charge is 0.323 e. The van der Waals surface area contributed by atoms with Crippen LogP contribution < -0.4 is 4.90 Å². The number of anilines is 1. The molecule has 1 N–H and O–H groups in total. The standard InChI is InChI=1S/C15H22N2O2/c1-2-16-10-8-14(9-11-16)17(12-15(18)19)13-6-4-3-5-7-13/h3-7,14H,2,8-12H2,1H3,(H,18,19). The van der Waals surface area contributed by atoms with Gasteiger partial charge in [-0.25, -0.2) is 0 Å². The topological polar surface area (TPSA) is 43.8 Å². The number of para-hydroxylation sites is 1. The first-order valence-corrected chi connectivity index (χ1v) is 6.96. The van der Waals surface area contributed by atoms with Crippen molar-refractivity contribution in [1.29, 1.82) is 0 Å². The Balaban J connectivity index is 2.08. The second kappa shape index (κ2) is 6.57. The quantitative estimate of drug-likeness (QED) is 0.882. The van der Waals surface area contributed by atoms with E-state index in [2.05, 4.69) is 11.8 Å². The average molecular weight is 262 g/mol. The van der Waals surface area contributed by atoms with Crippen LogP contribution in [-0.4, -0.2) is 48.2 Å². The van der Waals surface area contributed by atoms with Crippen LogP contribution in [0.3, 0.4) is 0 Å². The maximum atomic E-state index is 11.1. The van der Waals surface area contributed by atoms with Crippen LogP contribution in [0.5, 0.6) is 0 Å². The molecule has 0 unspecified atom stereocenters. The SMILES string of the molecule is CCN1CCC(N(CC(=O)O)c2ccccc2)CC1. The summed E-state index contributed by atoms with van der Waals surface area (Å²) in [5.74, 6) is -0.762. The largest absolute Gasteiger partial charge is 0.480 e. The van der Waals surface area contributed by atoms with Crippen molar-refractivity contribution >= 4 is 11.7 Å². The molecular formula is C15H22N2O2. The van der Waals surface area contributed by atoms with E-state index in [0.717, 1.165) is 38.2 Å². The summed E-state index contributed by atoms with van der Waals surface area (Å²) in [4.78, 5) is 15.5. The third kappa shape index (κ3) is 3.70. The fourth-order valence-corrected chi connectivity index (χ4v) is 2.74. The molecule has 1 aromatic rings. The number of rotatable bonds is 5. The molecule has 0 bridgehead atoms. The van der Waals surface area contributed by atoms with E-state index in [0.29, 0.717) is 6.04 Å². The van der Waals surface area contributed by atoms with Crippen LogP contribution in [0.1, 0.15) is 19.8 Å². The molecule has 2 rings (SSSR count). The highest BCUT2D eigenvalue weighted by atomic mass is 16.4. The summed E-state index contributed by atoms with van der Waals surface area (Å²) in [7, 11) is 0. The summed E-state index contributed by atoms with van der Waals surface area (Å²) in [6, 6.07) is 10.2. The van der Waals surface area contributed by atoms with E-state index in [1.165, 1.54) is 0 Å². The summed E-state index contributed by atoms with van der Waals surface area (Å²) < 4.78 is 0. The molecule has 1 fully saturated rings. The minimum absolute atomic E-state index is 0.0841. The van der Waals surface area contributed by atoms with Crippen molar-refractivity contribution < 1.29 is 9.90 Å². The Morgan fingerprint density at radius 3 is 2.47 bits per heavy atom. The number of piperidine rings is 1. The first kappa shape index (κ1) is 13.9. The molecule has 104 valence electrons. The normalized spacial score (nSPS) is 17.3. The van der Waals surface area contributed by atoms with Gasteiger partial charge in [0.15, 0.2) is 0 Å². The number of carboxylic acids is 1. The Hall–Kier alpha value is -1.55. The molecule has 1 aliphatic heterocycles. The third-order valence-corrected chi connectivity index (χ3v) is 3.84. The van der Waals surface area contributed by atoms with Gasteiger partial charge in [0.25, 0.3) is 0 Å². The van der Waals surface area contributed by atoms with E-state index in [9.17, 15) is 4.79 Å². The Kier molecular flexibility index (Phi) is 4.80. The third-order valence-electron chi connectivity index (χ3n) is 3.84. The van der Waals surface area contributed by atoms with Crippen LogP contribution in [0.25, 0.3) is 0 Å². The first-order chi connectivity index (χ1) is 9.20. The summed E-state index contributed by atoms with van der Waals surface area (Å²) in [6.07, 6.45) is 2.08. The van der Waals surface area contributed by atoms with Crippen molar-refractivity contribution in [3.8, 4) is 0 Å². The highest BCUT2D eigenvalue weighted by Crippen LogP contribution is 2.23. The highest BCUT2D eigenvalue weighted by Gasteiger charge is 2.25. The molecule has 4 nitrogen and oxygen atoms in total. The van der Waals surface area contributed by atoms with Gasteiger partial charge in [0.1, 0.15) is 6.54 Å². The lowest BCUT2D eigenvalue weighted by Crippen LogP contribution is -2.46. The molecule has 1 heterocycles. The van der Waals surface area contributed by atoms with Crippen molar-refractivity contribution in [3.05, 3.63) is 30.3 Å². The highest BCUT2D eigenvalue weighted by molar-refractivity contribution is 5.74. The fourth-order valence-electron chi connectivity index (χ4n) is 2.74. The summed E-state index contributed by atoms with van der Waals surface area (Å²) in [6.45, 7) is 5.46. The number of carbonyl (C=O) groups is 1. The molecule has 19 heavy (non-hydrogen) atoms. The first-order valence-electron chi connectivity index (χ1n) is 6.96. The predicted molar refractivity (Wildman–Crippen MR) is 76.6 cm³/mol. The number of carboxylic acid groups (broad SMARTS) is 1. The number of aliphatic carboxylic acids is 1. The second-order valence-corrected chi connectivity index (χ2v) is 5.02. The van der Waals surface area contributed by atoms with Crippen LogP contribution in [0.4, 0.5) is 5.69 Å². The van der Waals surface area contributed by atoms with Crippen molar-refractivity contribution in [2.45, 2.75) is 25.8 Å². The number of hydrogen-bond acceptors (Lipinski definition) is 3. The molecule has 0 aliphatic carbocycles. The maximum absolute atomic E-state index is 11.1. The van der Waals surface area contributed by atoms with Gasteiger partial charge >= 0.3 is 5.97 Å². The lowest BCUT2D eigenvalue weighted by molar-refractivity contribution is -0.135. The van der Waals surface area contributed by atoms with Gasteiger partial charge in [0.05, 0.1) is 0 Å². The van der Waals surface area contributed by atoms with Gasteiger partial charge in [0, 0.05) is 24.8 Å². The fraction of sp³-hybridized carbons (Fsp3) is 0.533. The lowest BCUT2D eigenvalue weighted by atomic mass is 10.0. The van der Waals surface area contributed by atoms with Crippen molar-refractivity contribution in [1.82, 2.24) is 4.90 Å². The Morgan fingerprint density at radius 2 is 1.95 bits per heavy atom. The summed E-state index contributed by atoms with van der Waals surface area (Å²) in [5.41, 5.74) is 1.01. The minimum Gasteiger partial charge on any atom is -0.480 e. The number of likely N-dealkylation sites (tertiary alicyclic amines) is 1. The number of benzene rings is 1. The van der Waals surface area contributed by atoms with E-state index >= 15 is 0 Å². The van der Waals surface area contributed by atoms with Gasteiger partial charge in [-0.2, -0.15) is 0 Å². The average Bonchev–Trinajstić information content (AvgIpc) is 2.46. The maximum Gasteiger partial charge on any atom is 0.323 e. The van der Waals surface area contributed by atoms with E-state index in [4.69, 9.17) is 5.11 Å². The van der Waals surface area contributed by atoms with E-state index < -0.39 is 5.97 Å². The van der Waals surface area contributed by atoms with Gasteiger partial charge in [0.2, 0.25) is 0 Å². The Morgan fingerprint density at radius 1 is 1.32 bits per heavy atom. The molecule has 0 amide bonds. The minimum atomic E-state index is -0.762. The molecule has 0 saturated carbocycles. The molecular weight excluding hydrogens is 240 g/mol. The number of hydrogen-bond donors (Lipinski definition) is 1. The molecule has 1 aromatic carbocycles. The zero-order valence-corrected chi connectivity index (χ0v) is 11.5. The van der Waals surface area contributed by atoms with E-state index in [1.807, 2.05) is 35.2 Å². The van der Waals surface area contributed by atoms with Crippen LogP contribution >= 0.6 is 0 Å². The molecule has 1 saturated heterocycles. The van der Waals surface area contributed by atoms with Crippen molar-refractivity contribution in [2.75, 3.05) is 31.1 Å². The molecule has 0 atom stereocenters. The zero-order chi connectivity index (χ0) is 13.7. The summed E-state index contributed by atoms with van der Waals surface area (Å²) >= 11 is 0. The molecule has 0 aromatic heterocycles. The van der Waals surface area contributed by atoms with Crippen molar-refractivity contribution in [3.63, 3.8) is 0 Å². The van der Waals surface area contributed by atoms with Gasteiger partial charge in [-0.1, -0.05) is 25.1 Å². The van der Waals surface area contributed by atoms with Crippen molar-refractivity contribution in [2.24, 2.45) is 0 Å². The molecule has 4 heteroatoms. The van der Waals surface area contributed by atoms with E-state index in [1.54, 1.807) is 0 Å². The van der Waals surface area contributed by atoms with Gasteiger partial charge in [-0.3, -0.25) is 4.79 Å². The molecule has 0 radical (unpaired) electrons. The van der Waals surface area contributed by atoms with Gasteiger partial charge in [-0.15, -0.1) is 0 Å². The second-order valence-electron chi connectivity index (χ2n) is 5.02. The zero-order valence-electron chi connectivity index (χ0n) is 11.5. The number of nitrogens with zero attached hydrogens (tertiary/aromatic N) is 2. The monoisotopic (exact) mass is 262 g/mol. The predicted octanol–water partition coefficient (Wildman–Crippen LogP) is 2.06. The van der Waals surface area contributed by atoms with Crippen LogP contribution in [0.2, 0.25) is 0 Å². The molecule has 0 spiro atoms. The Labute approximate surface area is 114 Å². The Bertz CT molecular complexity index is 400. The van der Waals surface area contributed by atoms with Gasteiger partial charge in [-0.05, 0) is 31.5 Å². The lowest BCUT2D eigenvalue weighted by Gasteiger charge is -2.38. The van der Waals surface area contributed by atoms with Crippen LogP contribution in [-0.2, 0) is 4.79 Å². The van der Waals surface area contributed by atoms with E-state index in [-0.39, 0.29) is 6.54 Å².